The maximum atomic E-state index is 11.5. The molecule has 0 aliphatic carbocycles. The van der Waals surface area contributed by atoms with Crippen LogP contribution in [0.4, 0.5) is 0 Å². The van der Waals surface area contributed by atoms with E-state index in [4.69, 9.17) is 9.84 Å². The third-order valence-electron chi connectivity index (χ3n) is 3.42. The molecule has 1 aliphatic heterocycles. The first-order valence-electron chi connectivity index (χ1n) is 7.63. The molecule has 1 heterocycles. The summed E-state index contributed by atoms with van der Waals surface area (Å²) in [5.74, 6) is -0.371. The highest BCUT2D eigenvalue weighted by Gasteiger charge is 2.20. The third kappa shape index (κ3) is 8.67. The smallest absolute Gasteiger partial charge is 0.317 e. The maximum absolute atomic E-state index is 11.5. The number of rotatable bonds is 7. The van der Waals surface area contributed by atoms with E-state index in [0.29, 0.717) is 18.9 Å². The number of carbonyl (C=O) groups excluding carboxylic acids is 1. The van der Waals surface area contributed by atoms with Gasteiger partial charge in [-0.2, -0.15) is 0 Å². The predicted molar refractivity (Wildman–Crippen MR) is 80.1 cm³/mol. The quantitative estimate of drug-likeness (QED) is 0.541. The summed E-state index contributed by atoms with van der Waals surface area (Å²) in [5, 5.41) is 12.0. The van der Waals surface area contributed by atoms with Crippen molar-refractivity contribution in [3.8, 4) is 0 Å². The first kappa shape index (κ1) is 17.9. The molecule has 0 spiro atoms. The van der Waals surface area contributed by atoms with Crippen molar-refractivity contribution in [2.45, 2.75) is 45.6 Å². The van der Waals surface area contributed by atoms with E-state index < -0.39 is 11.6 Å². The number of carboxylic acid groups (broad SMARTS) is 1. The average Bonchev–Trinajstić information content (AvgIpc) is 2.34. The molecule has 1 fully saturated rings. The largest absolute Gasteiger partial charge is 0.480 e. The van der Waals surface area contributed by atoms with Crippen LogP contribution in [0.15, 0.2) is 0 Å². The number of carboxylic acids is 1. The molecular formula is C15H28N2O4. The topological polar surface area (TPSA) is 78.9 Å². The second-order valence-corrected chi connectivity index (χ2v) is 6.65. The van der Waals surface area contributed by atoms with Crippen molar-refractivity contribution in [3.63, 3.8) is 0 Å². The van der Waals surface area contributed by atoms with Gasteiger partial charge in [0, 0.05) is 6.54 Å². The lowest BCUT2D eigenvalue weighted by Crippen LogP contribution is -2.40. The van der Waals surface area contributed by atoms with Gasteiger partial charge in [0.05, 0.1) is 13.0 Å². The Balaban J connectivity index is 2.07. The number of ether oxygens (including phenoxy) is 1. The van der Waals surface area contributed by atoms with Crippen LogP contribution in [0.1, 0.15) is 40.0 Å². The van der Waals surface area contributed by atoms with Crippen LogP contribution in [0, 0.1) is 5.92 Å². The summed E-state index contributed by atoms with van der Waals surface area (Å²) in [5.41, 5.74) is -0.423. The van der Waals surface area contributed by atoms with E-state index in [0.717, 1.165) is 32.5 Å². The minimum atomic E-state index is -0.760. The summed E-state index contributed by atoms with van der Waals surface area (Å²) in [6.45, 7) is 8.91. The molecule has 0 unspecified atom stereocenters. The molecule has 0 aromatic heterocycles. The van der Waals surface area contributed by atoms with Crippen LogP contribution in [-0.2, 0) is 14.3 Å². The van der Waals surface area contributed by atoms with Gasteiger partial charge in [-0.1, -0.05) is 0 Å². The fourth-order valence-electron chi connectivity index (χ4n) is 2.43. The molecule has 0 aromatic carbocycles. The zero-order valence-electron chi connectivity index (χ0n) is 13.4. The van der Waals surface area contributed by atoms with Gasteiger partial charge in [0.15, 0.2) is 0 Å². The number of hydrogen-bond acceptors (Lipinski definition) is 5. The lowest BCUT2D eigenvalue weighted by Gasteiger charge is -2.30. The van der Waals surface area contributed by atoms with Crippen molar-refractivity contribution in [2.75, 3.05) is 32.7 Å². The number of piperidine rings is 1. The maximum Gasteiger partial charge on any atom is 0.317 e. The van der Waals surface area contributed by atoms with Gasteiger partial charge in [0.25, 0.3) is 0 Å². The van der Waals surface area contributed by atoms with E-state index >= 15 is 0 Å². The second-order valence-electron chi connectivity index (χ2n) is 6.65. The number of esters is 1. The van der Waals surface area contributed by atoms with E-state index in [1.54, 1.807) is 0 Å². The molecule has 0 aromatic rings. The first-order chi connectivity index (χ1) is 9.76. The SMILES string of the molecule is CC(C)(C)OC(=O)CCNCC1CCN(CC(=O)O)CC1. The van der Waals surface area contributed by atoms with Gasteiger partial charge in [0.1, 0.15) is 5.60 Å². The molecule has 0 saturated carbocycles. The summed E-state index contributed by atoms with van der Waals surface area (Å²) in [4.78, 5) is 24.1. The van der Waals surface area contributed by atoms with Crippen molar-refractivity contribution >= 4 is 11.9 Å². The van der Waals surface area contributed by atoms with E-state index in [1.165, 1.54) is 0 Å². The monoisotopic (exact) mass is 300 g/mol. The molecule has 0 atom stereocenters. The zero-order valence-corrected chi connectivity index (χ0v) is 13.4. The average molecular weight is 300 g/mol. The highest BCUT2D eigenvalue weighted by molar-refractivity contribution is 5.70. The summed E-state index contributed by atoms with van der Waals surface area (Å²) < 4.78 is 5.24. The third-order valence-corrected chi connectivity index (χ3v) is 3.42. The highest BCUT2D eigenvalue weighted by atomic mass is 16.6. The Morgan fingerprint density at radius 1 is 1.29 bits per heavy atom. The molecule has 122 valence electrons. The summed E-state index contributed by atoms with van der Waals surface area (Å²) in [6.07, 6.45) is 2.40. The van der Waals surface area contributed by atoms with Crippen molar-refractivity contribution in [2.24, 2.45) is 5.92 Å². The van der Waals surface area contributed by atoms with Crippen LogP contribution >= 0.6 is 0 Å². The Morgan fingerprint density at radius 2 is 1.90 bits per heavy atom. The lowest BCUT2D eigenvalue weighted by molar-refractivity contribution is -0.154. The molecule has 21 heavy (non-hydrogen) atoms. The summed E-state index contributed by atoms with van der Waals surface area (Å²) >= 11 is 0. The van der Waals surface area contributed by atoms with Crippen molar-refractivity contribution in [3.05, 3.63) is 0 Å². The van der Waals surface area contributed by atoms with Crippen LogP contribution in [0.25, 0.3) is 0 Å². The molecule has 1 saturated heterocycles. The Bertz CT molecular complexity index is 344. The molecule has 1 rings (SSSR count). The zero-order chi connectivity index (χ0) is 15.9. The van der Waals surface area contributed by atoms with E-state index in [2.05, 4.69) is 5.32 Å². The van der Waals surface area contributed by atoms with Gasteiger partial charge in [-0.05, 0) is 59.2 Å². The molecule has 0 radical (unpaired) electrons. The van der Waals surface area contributed by atoms with E-state index in [9.17, 15) is 9.59 Å². The minimum absolute atomic E-state index is 0.138. The molecule has 6 heteroatoms. The van der Waals surface area contributed by atoms with E-state index in [1.807, 2.05) is 25.7 Å². The summed E-state index contributed by atoms with van der Waals surface area (Å²) in [7, 11) is 0. The number of likely N-dealkylation sites (tertiary alicyclic amines) is 1. The van der Waals surface area contributed by atoms with Crippen molar-refractivity contribution in [1.29, 1.82) is 0 Å². The van der Waals surface area contributed by atoms with E-state index in [-0.39, 0.29) is 12.5 Å². The van der Waals surface area contributed by atoms with Crippen LogP contribution in [-0.4, -0.2) is 60.3 Å². The lowest BCUT2D eigenvalue weighted by atomic mass is 9.97. The van der Waals surface area contributed by atoms with Crippen molar-refractivity contribution in [1.82, 2.24) is 10.2 Å². The van der Waals surface area contributed by atoms with Crippen LogP contribution < -0.4 is 5.32 Å². The number of hydrogen-bond donors (Lipinski definition) is 2. The van der Waals surface area contributed by atoms with Crippen molar-refractivity contribution < 1.29 is 19.4 Å². The Morgan fingerprint density at radius 3 is 2.43 bits per heavy atom. The fourth-order valence-corrected chi connectivity index (χ4v) is 2.43. The highest BCUT2D eigenvalue weighted by Crippen LogP contribution is 2.16. The van der Waals surface area contributed by atoms with Gasteiger partial charge in [-0.15, -0.1) is 0 Å². The molecule has 1 aliphatic rings. The second kappa shape index (κ2) is 8.34. The molecule has 6 nitrogen and oxygen atoms in total. The van der Waals surface area contributed by atoms with Crippen LogP contribution in [0.3, 0.4) is 0 Å². The predicted octanol–water partition coefficient (Wildman–Crippen LogP) is 1.10. The minimum Gasteiger partial charge on any atom is -0.480 e. The van der Waals surface area contributed by atoms with Crippen LogP contribution in [0.2, 0.25) is 0 Å². The van der Waals surface area contributed by atoms with Gasteiger partial charge in [-0.3, -0.25) is 14.5 Å². The van der Waals surface area contributed by atoms with Gasteiger partial charge in [0.2, 0.25) is 0 Å². The summed E-state index contributed by atoms with van der Waals surface area (Å²) in [6, 6.07) is 0. The van der Waals surface area contributed by atoms with Gasteiger partial charge >= 0.3 is 11.9 Å². The molecule has 0 amide bonds. The number of nitrogens with one attached hydrogen (secondary N) is 1. The fraction of sp³-hybridized carbons (Fsp3) is 0.867. The standard InChI is InChI=1S/C15H28N2O4/c1-15(2,3)21-14(20)4-7-16-10-12-5-8-17(9-6-12)11-13(18)19/h12,16H,4-11H2,1-3H3,(H,18,19). The number of carbonyl (C=O) groups is 2. The number of nitrogens with zero attached hydrogens (tertiary/aromatic N) is 1. The Labute approximate surface area is 126 Å². The number of aliphatic carboxylic acids is 1. The van der Waals surface area contributed by atoms with Gasteiger partial charge in [-0.25, -0.2) is 0 Å². The molecular weight excluding hydrogens is 272 g/mol. The molecule has 2 N–H and O–H groups in total. The Hall–Kier alpha value is -1.14. The normalized spacial score (nSPS) is 17.7. The first-order valence-corrected chi connectivity index (χ1v) is 7.63. The van der Waals surface area contributed by atoms with Gasteiger partial charge < -0.3 is 15.2 Å². The Kier molecular flexibility index (Phi) is 7.11. The van der Waals surface area contributed by atoms with Crippen LogP contribution in [0.5, 0.6) is 0 Å². The molecule has 0 bridgehead atoms.